The predicted molar refractivity (Wildman–Crippen MR) is 136 cm³/mol. The highest BCUT2D eigenvalue weighted by Crippen LogP contribution is 2.21. The molecule has 0 aromatic heterocycles. The molecule has 1 unspecified atom stereocenters. The Hall–Kier alpha value is -1.85. The van der Waals surface area contributed by atoms with Crippen LogP contribution in [0.4, 0.5) is 5.69 Å². The minimum absolute atomic E-state index is 0.115. The van der Waals surface area contributed by atoms with Crippen molar-refractivity contribution in [3.63, 3.8) is 0 Å². The summed E-state index contributed by atoms with van der Waals surface area (Å²) in [5.74, 6) is -0.796. The van der Waals surface area contributed by atoms with Gasteiger partial charge in [0.15, 0.2) is 0 Å². The molecular formula is C22H27ClIN3O4S. The monoisotopic (exact) mass is 591 g/mol. The van der Waals surface area contributed by atoms with Gasteiger partial charge in [0.05, 0.1) is 11.9 Å². The Labute approximate surface area is 208 Å². The fourth-order valence-electron chi connectivity index (χ4n) is 3.03. The summed E-state index contributed by atoms with van der Waals surface area (Å²) < 4.78 is 26.9. The molecule has 2 rings (SSSR count). The second kappa shape index (κ2) is 11.9. The van der Waals surface area contributed by atoms with Crippen LogP contribution in [0.5, 0.6) is 0 Å². The lowest BCUT2D eigenvalue weighted by atomic mass is 10.1. The molecule has 0 saturated carbocycles. The first-order chi connectivity index (χ1) is 15.0. The van der Waals surface area contributed by atoms with Crippen LogP contribution in [-0.4, -0.2) is 50.5 Å². The molecule has 0 aliphatic rings. The first-order valence-corrected chi connectivity index (χ1v) is 13.4. The van der Waals surface area contributed by atoms with Gasteiger partial charge in [-0.1, -0.05) is 30.7 Å². The summed E-state index contributed by atoms with van der Waals surface area (Å²) in [7, 11) is -3.74. The lowest BCUT2D eigenvalue weighted by molar-refractivity contribution is -0.139. The second-order valence-electron chi connectivity index (χ2n) is 7.36. The van der Waals surface area contributed by atoms with Crippen LogP contribution in [0.2, 0.25) is 5.02 Å². The molecule has 0 fully saturated rings. The smallest absolute Gasteiger partial charge is 0.244 e. The van der Waals surface area contributed by atoms with Crippen LogP contribution in [0.15, 0.2) is 48.5 Å². The molecule has 174 valence electrons. The minimum atomic E-state index is -3.74. The van der Waals surface area contributed by atoms with Crippen LogP contribution in [0.25, 0.3) is 0 Å². The zero-order valence-electron chi connectivity index (χ0n) is 18.2. The van der Waals surface area contributed by atoms with Gasteiger partial charge >= 0.3 is 0 Å². The van der Waals surface area contributed by atoms with Crippen molar-refractivity contribution in [2.45, 2.75) is 32.9 Å². The van der Waals surface area contributed by atoms with Crippen molar-refractivity contribution in [1.29, 1.82) is 0 Å². The Morgan fingerprint density at radius 2 is 1.81 bits per heavy atom. The van der Waals surface area contributed by atoms with Gasteiger partial charge < -0.3 is 10.2 Å². The summed E-state index contributed by atoms with van der Waals surface area (Å²) in [6.07, 6.45) is 1.81. The first kappa shape index (κ1) is 26.4. The number of sulfonamides is 1. The summed E-state index contributed by atoms with van der Waals surface area (Å²) in [6, 6.07) is 13.0. The Bertz CT molecular complexity index is 1050. The van der Waals surface area contributed by atoms with Crippen molar-refractivity contribution in [2.24, 2.45) is 0 Å². The molecule has 0 heterocycles. The SMILES string of the molecule is CCCNC(=O)C(C)N(Cc1cccc(Cl)c1)C(=O)CN(c1ccc(I)cc1)S(C)(=O)=O. The van der Waals surface area contributed by atoms with Crippen molar-refractivity contribution >= 4 is 61.7 Å². The largest absolute Gasteiger partial charge is 0.354 e. The predicted octanol–water partition coefficient (Wildman–Crippen LogP) is 3.65. The number of carbonyl (C=O) groups excluding carboxylic acids is 2. The van der Waals surface area contributed by atoms with E-state index in [-0.39, 0.29) is 12.5 Å². The number of halogens is 2. The Morgan fingerprint density at radius 1 is 1.16 bits per heavy atom. The van der Waals surface area contributed by atoms with E-state index in [1.54, 1.807) is 55.5 Å². The molecule has 10 heteroatoms. The second-order valence-corrected chi connectivity index (χ2v) is 11.0. The summed E-state index contributed by atoms with van der Waals surface area (Å²) >= 11 is 8.20. The first-order valence-electron chi connectivity index (χ1n) is 10.1. The van der Waals surface area contributed by atoms with Crippen LogP contribution >= 0.6 is 34.2 Å². The number of amides is 2. The fraction of sp³-hybridized carbons (Fsp3) is 0.364. The van der Waals surface area contributed by atoms with Gasteiger partial charge in [-0.15, -0.1) is 0 Å². The molecule has 1 atom stereocenters. The third-order valence-electron chi connectivity index (χ3n) is 4.75. The topological polar surface area (TPSA) is 86.8 Å². The molecular weight excluding hydrogens is 565 g/mol. The van der Waals surface area contributed by atoms with E-state index in [4.69, 9.17) is 11.6 Å². The summed E-state index contributed by atoms with van der Waals surface area (Å²) in [5, 5.41) is 3.30. The van der Waals surface area contributed by atoms with E-state index in [1.807, 2.05) is 6.92 Å². The van der Waals surface area contributed by atoms with E-state index >= 15 is 0 Å². The van der Waals surface area contributed by atoms with Crippen LogP contribution in [0, 0.1) is 3.57 Å². The van der Waals surface area contributed by atoms with Gasteiger partial charge in [0.2, 0.25) is 21.8 Å². The molecule has 1 N–H and O–H groups in total. The molecule has 0 aliphatic heterocycles. The van der Waals surface area contributed by atoms with Gasteiger partial charge in [-0.3, -0.25) is 13.9 Å². The fourth-order valence-corrected chi connectivity index (χ4v) is 4.45. The normalized spacial score (nSPS) is 12.2. The van der Waals surface area contributed by atoms with E-state index < -0.39 is 28.5 Å². The maximum atomic E-state index is 13.4. The van der Waals surface area contributed by atoms with Crippen molar-refractivity contribution in [2.75, 3.05) is 23.7 Å². The highest BCUT2D eigenvalue weighted by atomic mass is 127. The molecule has 0 aliphatic carbocycles. The Morgan fingerprint density at radius 3 is 2.38 bits per heavy atom. The third-order valence-corrected chi connectivity index (χ3v) is 6.85. The van der Waals surface area contributed by atoms with Gasteiger partial charge in [-0.25, -0.2) is 8.42 Å². The van der Waals surface area contributed by atoms with Gasteiger partial charge in [0.25, 0.3) is 0 Å². The molecule has 0 bridgehead atoms. The quantitative estimate of drug-likeness (QED) is 0.428. The highest BCUT2D eigenvalue weighted by Gasteiger charge is 2.30. The van der Waals surface area contributed by atoms with Crippen LogP contribution < -0.4 is 9.62 Å². The molecule has 7 nitrogen and oxygen atoms in total. The molecule has 0 spiro atoms. The zero-order valence-corrected chi connectivity index (χ0v) is 21.9. The number of benzene rings is 2. The van der Waals surface area contributed by atoms with Crippen LogP contribution in [0.1, 0.15) is 25.8 Å². The number of hydrogen-bond donors (Lipinski definition) is 1. The average Bonchev–Trinajstić information content (AvgIpc) is 2.73. The zero-order chi connectivity index (χ0) is 23.9. The molecule has 2 aromatic rings. The minimum Gasteiger partial charge on any atom is -0.354 e. The summed E-state index contributed by atoms with van der Waals surface area (Å²) in [4.78, 5) is 27.4. The maximum Gasteiger partial charge on any atom is 0.244 e. The summed E-state index contributed by atoms with van der Waals surface area (Å²) in [5.41, 5.74) is 1.12. The van der Waals surface area contributed by atoms with E-state index in [0.717, 1.165) is 26.1 Å². The van der Waals surface area contributed by atoms with Gasteiger partial charge in [0.1, 0.15) is 12.6 Å². The molecule has 32 heavy (non-hydrogen) atoms. The van der Waals surface area contributed by atoms with Gasteiger partial charge in [-0.2, -0.15) is 0 Å². The van der Waals surface area contributed by atoms with E-state index in [2.05, 4.69) is 27.9 Å². The molecule has 2 amide bonds. The molecule has 0 saturated heterocycles. The average molecular weight is 592 g/mol. The van der Waals surface area contributed by atoms with Gasteiger partial charge in [0, 0.05) is 21.7 Å². The van der Waals surface area contributed by atoms with Crippen molar-refractivity contribution < 1.29 is 18.0 Å². The number of carbonyl (C=O) groups is 2. The summed E-state index contributed by atoms with van der Waals surface area (Å²) in [6.45, 7) is 3.74. The number of hydrogen-bond acceptors (Lipinski definition) is 4. The van der Waals surface area contributed by atoms with Crippen LogP contribution in [0.3, 0.4) is 0 Å². The van der Waals surface area contributed by atoms with E-state index in [0.29, 0.717) is 17.3 Å². The van der Waals surface area contributed by atoms with Crippen LogP contribution in [-0.2, 0) is 26.2 Å². The van der Waals surface area contributed by atoms with E-state index in [1.165, 1.54) is 4.90 Å². The number of nitrogens with one attached hydrogen (secondary N) is 1. The number of rotatable bonds is 10. The highest BCUT2D eigenvalue weighted by molar-refractivity contribution is 14.1. The number of nitrogens with zero attached hydrogens (tertiary/aromatic N) is 2. The molecule has 2 aromatic carbocycles. The molecule has 0 radical (unpaired) electrons. The van der Waals surface area contributed by atoms with Gasteiger partial charge in [-0.05, 0) is 77.9 Å². The lowest BCUT2D eigenvalue weighted by Crippen LogP contribution is -2.51. The Balaban J connectivity index is 2.35. The maximum absolute atomic E-state index is 13.4. The van der Waals surface area contributed by atoms with Crippen molar-refractivity contribution in [1.82, 2.24) is 10.2 Å². The standard InChI is InChI=1S/C22H27ClIN3O4S/c1-4-12-25-22(29)16(2)26(14-17-6-5-7-18(23)13-17)21(28)15-27(32(3,30)31)20-10-8-19(24)9-11-20/h5-11,13,16H,4,12,14-15H2,1-3H3,(H,25,29). The Kier molecular flexibility index (Phi) is 9.78. The van der Waals surface area contributed by atoms with Crippen molar-refractivity contribution in [3.8, 4) is 0 Å². The van der Waals surface area contributed by atoms with E-state index in [9.17, 15) is 18.0 Å². The van der Waals surface area contributed by atoms with Crippen molar-refractivity contribution in [3.05, 3.63) is 62.7 Å². The third kappa shape index (κ3) is 7.63. The number of anilines is 1. The lowest BCUT2D eigenvalue weighted by Gasteiger charge is -2.31.